The number of allylic oxidation sites excluding steroid dienone is 1. The number of fused-ring (bicyclic) bond motifs is 2. The van der Waals surface area contributed by atoms with E-state index in [1.807, 2.05) is 29.0 Å². The van der Waals surface area contributed by atoms with E-state index < -0.39 is 0 Å². The van der Waals surface area contributed by atoms with Crippen LogP contribution in [0.2, 0.25) is 0 Å². The molecule has 0 aromatic carbocycles. The summed E-state index contributed by atoms with van der Waals surface area (Å²) >= 11 is 1.67. The molecule has 4 nitrogen and oxygen atoms in total. The summed E-state index contributed by atoms with van der Waals surface area (Å²) in [6, 6.07) is 5.99. The first-order valence-corrected chi connectivity index (χ1v) is 8.77. The molecule has 0 bridgehead atoms. The number of carbonyl (C=O) groups excluding carboxylic acids is 1. The summed E-state index contributed by atoms with van der Waals surface area (Å²) in [7, 11) is 0. The molecule has 0 aliphatic heterocycles. The van der Waals surface area contributed by atoms with Gasteiger partial charge in [0.25, 0.3) is 0 Å². The van der Waals surface area contributed by atoms with Crippen LogP contribution in [0.3, 0.4) is 0 Å². The smallest absolute Gasteiger partial charge is 0.211 e. The summed E-state index contributed by atoms with van der Waals surface area (Å²) in [4.78, 5) is 18.6. The Labute approximate surface area is 151 Å². The zero-order valence-electron chi connectivity index (χ0n) is 13.4. The molecule has 25 heavy (non-hydrogen) atoms. The number of carbonyl (C=O) groups is 1. The van der Waals surface area contributed by atoms with Crippen molar-refractivity contribution in [2.24, 2.45) is 0 Å². The number of hydrogen-bond donors (Lipinski definition) is 0. The minimum absolute atomic E-state index is 0. The fourth-order valence-corrected chi connectivity index (χ4v) is 4.19. The van der Waals surface area contributed by atoms with Crippen LogP contribution in [0.15, 0.2) is 54.8 Å². The van der Waals surface area contributed by atoms with Gasteiger partial charge in [0.1, 0.15) is 4.83 Å². The maximum absolute atomic E-state index is 13.2. The molecule has 4 heterocycles. The molecule has 4 aromatic rings. The van der Waals surface area contributed by atoms with E-state index in [2.05, 4.69) is 34.5 Å². The molecule has 0 aliphatic rings. The van der Waals surface area contributed by atoms with Crippen LogP contribution in [0.5, 0.6) is 0 Å². The third-order valence-electron chi connectivity index (χ3n) is 4.30. The first-order valence-electron chi connectivity index (χ1n) is 7.89. The minimum atomic E-state index is 0. The lowest BCUT2D eigenvalue weighted by Gasteiger charge is -2.05. The highest BCUT2D eigenvalue weighted by Crippen LogP contribution is 2.29. The molecule has 0 saturated carbocycles. The van der Waals surface area contributed by atoms with Gasteiger partial charge in [-0.15, -0.1) is 17.9 Å². The Bertz CT molecular complexity index is 1070. The van der Waals surface area contributed by atoms with Crippen molar-refractivity contribution in [2.45, 2.75) is 27.4 Å². The Morgan fingerprint density at radius 2 is 2.24 bits per heavy atom. The Morgan fingerprint density at radius 3 is 3.00 bits per heavy atom. The number of rotatable bonds is 5. The minimum Gasteiger partial charge on any atom is -0.343 e. The summed E-state index contributed by atoms with van der Waals surface area (Å²) in [6.45, 7) is 7.30. The number of pyridine rings is 1. The first kappa shape index (κ1) is 17.2. The number of hydrogen-bond acceptors (Lipinski definition) is 3. The summed E-state index contributed by atoms with van der Waals surface area (Å²) in [5, 5.41) is 4.07. The van der Waals surface area contributed by atoms with Crippen molar-refractivity contribution in [1.82, 2.24) is 14.1 Å². The summed E-state index contributed by atoms with van der Waals surface area (Å²) in [5.41, 5.74) is 2.44. The van der Waals surface area contributed by atoms with Crippen LogP contribution in [0.25, 0.3) is 21.1 Å². The Morgan fingerprint density at radius 1 is 1.40 bits per heavy atom. The van der Waals surface area contributed by atoms with Gasteiger partial charge in [-0.2, -0.15) is 0 Å². The van der Waals surface area contributed by atoms with Crippen molar-refractivity contribution in [1.29, 1.82) is 0 Å². The van der Waals surface area contributed by atoms with Gasteiger partial charge in [-0.05, 0) is 30.5 Å². The molecular formula is C20H21N3OS. The third kappa shape index (κ3) is 2.61. The van der Waals surface area contributed by atoms with Gasteiger partial charge in [0, 0.05) is 42.5 Å². The van der Waals surface area contributed by atoms with Crippen LogP contribution >= 0.6 is 11.3 Å². The normalized spacial score (nSPS) is 10.9. The van der Waals surface area contributed by atoms with Crippen molar-refractivity contribution in [2.75, 3.05) is 0 Å². The van der Waals surface area contributed by atoms with Gasteiger partial charge < -0.3 is 9.13 Å². The lowest BCUT2D eigenvalue weighted by molar-refractivity contribution is 0.103. The van der Waals surface area contributed by atoms with Crippen LogP contribution in [0.1, 0.15) is 30.4 Å². The van der Waals surface area contributed by atoms with E-state index >= 15 is 0 Å². The van der Waals surface area contributed by atoms with Crippen molar-refractivity contribution in [3.8, 4) is 0 Å². The van der Waals surface area contributed by atoms with Crippen molar-refractivity contribution in [3.63, 3.8) is 0 Å². The predicted octanol–water partition coefficient (Wildman–Crippen LogP) is 5.13. The maximum Gasteiger partial charge on any atom is 0.211 e. The van der Waals surface area contributed by atoms with E-state index in [9.17, 15) is 4.79 Å². The Hall–Kier alpha value is -2.66. The van der Waals surface area contributed by atoms with E-state index in [0.29, 0.717) is 12.1 Å². The highest BCUT2D eigenvalue weighted by atomic mass is 32.1. The average molecular weight is 351 g/mol. The van der Waals surface area contributed by atoms with E-state index in [1.165, 1.54) is 0 Å². The second kappa shape index (κ2) is 6.69. The van der Waals surface area contributed by atoms with E-state index in [1.54, 1.807) is 23.7 Å². The molecule has 0 N–H and O–H groups in total. The Balaban J connectivity index is 0.00000182. The van der Waals surface area contributed by atoms with E-state index in [-0.39, 0.29) is 13.2 Å². The highest BCUT2D eigenvalue weighted by Gasteiger charge is 2.21. The molecular weight excluding hydrogens is 330 g/mol. The van der Waals surface area contributed by atoms with Gasteiger partial charge in [0.2, 0.25) is 5.78 Å². The number of thiophene rings is 1. The van der Waals surface area contributed by atoms with Crippen molar-refractivity contribution < 1.29 is 4.79 Å². The SMILES string of the molecule is C.C=CCn1cc(C(=O)c2cc3ccsc3n2CC)c2cnccc21. The molecule has 0 radical (unpaired) electrons. The van der Waals surface area contributed by atoms with Crippen LogP contribution in [0, 0.1) is 0 Å². The topological polar surface area (TPSA) is 39.8 Å². The molecule has 0 atom stereocenters. The van der Waals surface area contributed by atoms with Crippen LogP contribution < -0.4 is 0 Å². The molecule has 128 valence electrons. The maximum atomic E-state index is 13.2. The standard InChI is InChI=1S/C19H17N3OS.CH4/c1-3-8-21-12-15(14-11-20-7-5-16(14)21)18(23)17-10-13-6-9-24-19(13)22(17)4-2;/h3,5-7,9-12H,1,4,8H2,2H3;1H4. The van der Waals surface area contributed by atoms with Crippen LogP contribution in [0.4, 0.5) is 0 Å². The highest BCUT2D eigenvalue weighted by molar-refractivity contribution is 7.16. The van der Waals surface area contributed by atoms with Gasteiger partial charge in [-0.25, -0.2) is 0 Å². The summed E-state index contributed by atoms with van der Waals surface area (Å²) < 4.78 is 4.13. The molecule has 0 amide bonds. The average Bonchev–Trinajstić information content (AvgIpc) is 3.27. The quantitative estimate of drug-likeness (QED) is 0.369. The molecule has 0 spiro atoms. The fourth-order valence-electron chi connectivity index (χ4n) is 3.23. The lowest BCUT2D eigenvalue weighted by Crippen LogP contribution is -2.08. The number of ketones is 1. The second-order valence-electron chi connectivity index (χ2n) is 5.66. The molecule has 4 aromatic heterocycles. The van der Waals surface area contributed by atoms with Crippen molar-refractivity contribution in [3.05, 3.63) is 66.1 Å². The molecule has 0 fully saturated rings. The zero-order chi connectivity index (χ0) is 16.7. The molecule has 0 aliphatic carbocycles. The Kier molecular flexibility index (Phi) is 4.59. The molecule has 0 unspecified atom stereocenters. The van der Waals surface area contributed by atoms with Gasteiger partial charge in [-0.1, -0.05) is 13.5 Å². The van der Waals surface area contributed by atoms with Gasteiger partial charge >= 0.3 is 0 Å². The fraction of sp³-hybridized carbons (Fsp3) is 0.200. The third-order valence-corrected chi connectivity index (χ3v) is 5.26. The van der Waals surface area contributed by atoms with E-state index in [4.69, 9.17) is 0 Å². The van der Waals surface area contributed by atoms with Gasteiger partial charge in [0.05, 0.1) is 16.8 Å². The van der Waals surface area contributed by atoms with E-state index in [0.717, 1.165) is 33.4 Å². The largest absolute Gasteiger partial charge is 0.343 e. The summed E-state index contributed by atoms with van der Waals surface area (Å²) in [5.74, 6) is 0.0427. The number of nitrogens with zero attached hydrogens (tertiary/aromatic N) is 3. The van der Waals surface area contributed by atoms with Gasteiger partial charge in [0.15, 0.2) is 0 Å². The summed E-state index contributed by atoms with van der Waals surface area (Å²) in [6.07, 6.45) is 7.26. The van der Waals surface area contributed by atoms with Crippen LogP contribution in [-0.4, -0.2) is 19.9 Å². The molecule has 5 heteroatoms. The predicted molar refractivity (Wildman–Crippen MR) is 106 cm³/mol. The van der Waals surface area contributed by atoms with Crippen molar-refractivity contribution >= 4 is 38.2 Å². The zero-order valence-corrected chi connectivity index (χ0v) is 14.2. The van der Waals surface area contributed by atoms with Crippen LogP contribution in [-0.2, 0) is 13.1 Å². The number of aromatic nitrogens is 3. The lowest BCUT2D eigenvalue weighted by atomic mass is 10.1. The second-order valence-corrected chi connectivity index (χ2v) is 6.56. The van der Waals surface area contributed by atoms with Gasteiger partial charge in [-0.3, -0.25) is 9.78 Å². The first-order chi connectivity index (χ1) is 11.7. The molecule has 4 rings (SSSR count). The monoisotopic (exact) mass is 351 g/mol. The molecule has 0 saturated heterocycles. The number of aryl methyl sites for hydroxylation is 1.